The van der Waals surface area contributed by atoms with Crippen LogP contribution in [-0.2, 0) is 20.9 Å². The van der Waals surface area contributed by atoms with Gasteiger partial charge in [0.1, 0.15) is 17.5 Å². The smallest absolute Gasteiger partial charge is 0.323 e. The van der Waals surface area contributed by atoms with Crippen LogP contribution in [0.25, 0.3) is 22.3 Å². The van der Waals surface area contributed by atoms with E-state index in [4.69, 9.17) is 27.9 Å². The predicted molar refractivity (Wildman–Crippen MR) is 160 cm³/mol. The molecule has 5 rings (SSSR count). The predicted octanol–water partition coefficient (Wildman–Crippen LogP) is 4.19. The highest BCUT2D eigenvalue weighted by Gasteiger charge is 2.36. The maximum absolute atomic E-state index is 15.4. The second-order valence-corrected chi connectivity index (χ2v) is 10.9. The number of rotatable bonds is 8. The van der Waals surface area contributed by atoms with Gasteiger partial charge in [-0.3, -0.25) is 19.3 Å². The lowest BCUT2D eigenvalue weighted by molar-refractivity contribution is -0.138. The van der Waals surface area contributed by atoms with Gasteiger partial charge in [-0.25, -0.2) is 9.18 Å². The first-order valence-electron chi connectivity index (χ1n) is 13.4. The molecule has 0 aromatic heterocycles. The normalized spacial score (nSPS) is 18.3. The van der Waals surface area contributed by atoms with Crippen molar-refractivity contribution >= 4 is 52.6 Å². The van der Waals surface area contributed by atoms with Crippen molar-refractivity contribution in [3.8, 4) is 28.0 Å². The second-order valence-electron chi connectivity index (χ2n) is 10.2. The van der Waals surface area contributed by atoms with E-state index >= 15 is 4.39 Å². The van der Waals surface area contributed by atoms with Crippen molar-refractivity contribution < 1.29 is 28.3 Å². The molecule has 0 bridgehead atoms. The van der Waals surface area contributed by atoms with Crippen molar-refractivity contribution in [2.75, 3.05) is 32.6 Å². The highest BCUT2D eigenvalue weighted by molar-refractivity contribution is 6.39. The Morgan fingerprint density at radius 2 is 1.72 bits per heavy atom. The average Bonchev–Trinajstić information content (AvgIpc) is 3.41. The van der Waals surface area contributed by atoms with Crippen molar-refractivity contribution in [2.45, 2.75) is 19.0 Å². The maximum Gasteiger partial charge on any atom is 0.323 e. The minimum absolute atomic E-state index is 0.0509. The fourth-order valence-electron chi connectivity index (χ4n) is 5.07. The summed E-state index contributed by atoms with van der Waals surface area (Å²) in [4.78, 5) is 49.4. The Balaban J connectivity index is 1.41. The summed E-state index contributed by atoms with van der Waals surface area (Å²) >= 11 is 13.6. The number of urea groups is 1. The Morgan fingerprint density at radius 3 is 2.42 bits per heavy atom. The second kappa shape index (κ2) is 12.6. The molecule has 0 radical (unpaired) electrons. The van der Waals surface area contributed by atoms with Crippen LogP contribution in [0.3, 0.4) is 0 Å². The summed E-state index contributed by atoms with van der Waals surface area (Å²) in [5.74, 6) is -2.59. The van der Waals surface area contributed by atoms with Gasteiger partial charge in [0.2, 0.25) is 17.7 Å². The molecule has 10 nitrogen and oxygen atoms in total. The van der Waals surface area contributed by atoms with Gasteiger partial charge in [-0.1, -0.05) is 53.5 Å². The van der Waals surface area contributed by atoms with Crippen molar-refractivity contribution in [2.24, 2.45) is 5.92 Å². The molecule has 0 spiro atoms. The van der Waals surface area contributed by atoms with Crippen molar-refractivity contribution in [3.63, 3.8) is 0 Å². The lowest BCUT2D eigenvalue weighted by Gasteiger charge is -2.27. The quantitative estimate of drug-likeness (QED) is 0.277. The van der Waals surface area contributed by atoms with Gasteiger partial charge < -0.3 is 26.0 Å². The average molecular weight is 628 g/mol. The van der Waals surface area contributed by atoms with E-state index in [-0.39, 0.29) is 35.7 Å². The molecule has 2 aliphatic rings. The number of hydrogen-bond acceptors (Lipinski definition) is 6. The van der Waals surface area contributed by atoms with Gasteiger partial charge in [0, 0.05) is 61.4 Å². The van der Waals surface area contributed by atoms with Crippen molar-refractivity contribution in [3.05, 3.63) is 70.0 Å². The highest BCUT2D eigenvalue weighted by atomic mass is 35.5. The summed E-state index contributed by atoms with van der Waals surface area (Å²) in [6, 6.07) is 12.6. The van der Waals surface area contributed by atoms with Crippen LogP contribution in [0.1, 0.15) is 12.0 Å². The van der Waals surface area contributed by atoms with E-state index in [0.29, 0.717) is 51.6 Å². The summed E-state index contributed by atoms with van der Waals surface area (Å²) < 4.78 is 20.9. The molecule has 3 aromatic carbocycles. The molecule has 0 aliphatic carbocycles. The molecule has 224 valence electrons. The van der Waals surface area contributed by atoms with E-state index in [2.05, 4.69) is 21.3 Å². The number of nitrogens with one attached hydrogen (secondary N) is 4. The Morgan fingerprint density at radius 1 is 1.02 bits per heavy atom. The topological polar surface area (TPSA) is 129 Å². The SMILES string of the molecule is COc1cc(-c2cccc(-c3cccc(NC(=O)C4CNC(=O)N(C)C4=O)c3Cl)c2Cl)cc(F)c1CN[C@@H]1CNC(=O)C1. The molecule has 2 saturated heterocycles. The molecule has 2 atom stereocenters. The first kappa shape index (κ1) is 30.3. The van der Waals surface area contributed by atoms with Crippen LogP contribution in [0, 0.1) is 11.7 Å². The van der Waals surface area contributed by atoms with Crippen LogP contribution in [-0.4, -0.2) is 61.9 Å². The molecular weight excluding hydrogens is 600 g/mol. The number of methoxy groups -OCH3 is 1. The Labute approximate surface area is 256 Å². The number of carbonyl (C=O) groups is 4. The number of hydrogen-bond donors (Lipinski definition) is 4. The van der Waals surface area contributed by atoms with E-state index in [1.54, 1.807) is 42.5 Å². The summed E-state index contributed by atoms with van der Waals surface area (Å²) in [7, 11) is 2.75. The number of carbonyl (C=O) groups excluding carboxylic acids is 4. The molecule has 3 aromatic rings. The number of nitrogens with zero attached hydrogens (tertiary/aromatic N) is 1. The Bertz CT molecular complexity index is 1630. The standard InChI is InChI=1S/C30H28Cl2FN5O5/c1-38-29(41)21(14-36-30(38)42)28(40)37-23-8-4-7-19(27(23)32)18-6-3-5-17(26(18)31)15-9-22(33)20(24(10-15)43-2)13-34-16-11-25(39)35-12-16/h3-10,16,21,34H,11-14H2,1-2H3,(H,35,39)(H,36,42)(H,37,40)/t16-,21?/m0/s1. The number of amides is 5. The molecule has 1 unspecified atom stereocenters. The van der Waals surface area contributed by atoms with E-state index in [9.17, 15) is 19.2 Å². The molecular formula is C30H28Cl2FN5O5. The summed E-state index contributed by atoms with van der Waals surface area (Å²) in [6.07, 6.45) is 0.326. The van der Waals surface area contributed by atoms with Gasteiger partial charge in [-0.05, 0) is 23.8 Å². The van der Waals surface area contributed by atoms with Gasteiger partial charge in [-0.2, -0.15) is 0 Å². The third kappa shape index (κ3) is 6.15. The maximum atomic E-state index is 15.4. The lowest BCUT2D eigenvalue weighted by Crippen LogP contribution is -2.56. The molecule has 2 aliphatic heterocycles. The van der Waals surface area contributed by atoms with Crippen molar-refractivity contribution in [1.29, 1.82) is 0 Å². The summed E-state index contributed by atoms with van der Waals surface area (Å²) in [5, 5.41) is 11.6. The first-order valence-corrected chi connectivity index (χ1v) is 14.1. The van der Waals surface area contributed by atoms with E-state index in [0.717, 1.165) is 4.90 Å². The minimum Gasteiger partial charge on any atom is -0.496 e. The van der Waals surface area contributed by atoms with E-state index < -0.39 is 29.6 Å². The zero-order valence-electron chi connectivity index (χ0n) is 23.2. The number of imide groups is 1. The molecule has 2 fully saturated rings. The van der Waals surface area contributed by atoms with Gasteiger partial charge in [0.05, 0.1) is 22.8 Å². The third-order valence-electron chi connectivity index (χ3n) is 7.48. The van der Waals surface area contributed by atoms with Crippen LogP contribution in [0.15, 0.2) is 48.5 Å². The molecule has 13 heteroatoms. The Kier molecular flexibility index (Phi) is 8.86. The van der Waals surface area contributed by atoms with Crippen molar-refractivity contribution in [1.82, 2.24) is 20.9 Å². The zero-order chi connectivity index (χ0) is 30.8. The van der Waals surface area contributed by atoms with E-state index in [1.165, 1.54) is 20.2 Å². The molecule has 4 N–H and O–H groups in total. The summed E-state index contributed by atoms with van der Waals surface area (Å²) in [6.45, 7) is 0.516. The molecule has 43 heavy (non-hydrogen) atoms. The van der Waals surface area contributed by atoms with Crippen LogP contribution < -0.4 is 26.0 Å². The van der Waals surface area contributed by atoms with Crippen LogP contribution >= 0.6 is 23.2 Å². The van der Waals surface area contributed by atoms with Crippen LogP contribution in [0.2, 0.25) is 10.0 Å². The molecule has 5 amide bonds. The number of benzene rings is 3. The number of anilines is 1. The monoisotopic (exact) mass is 627 g/mol. The molecule has 2 heterocycles. The van der Waals surface area contributed by atoms with Crippen LogP contribution in [0.5, 0.6) is 5.75 Å². The fraction of sp³-hybridized carbons (Fsp3) is 0.267. The molecule has 0 saturated carbocycles. The van der Waals surface area contributed by atoms with Gasteiger partial charge in [0.15, 0.2) is 0 Å². The zero-order valence-corrected chi connectivity index (χ0v) is 24.7. The highest BCUT2D eigenvalue weighted by Crippen LogP contribution is 2.42. The minimum atomic E-state index is -1.12. The van der Waals surface area contributed by atoms with E-state index in [1.807, 2.05) is 0 Å². The van der Waals surface area contributed by atoms with Gasteiger partial charge in [0.25, 0.3) is 0 Å². The largest absolute Gasteiger partial charge is 0.496 e. The van der Waals surface area contributed by atoms with Gasteiger partial charge >= 0.3 is 6.03 Å². The lowest BCUT2D eigenvalue weighted by atomic mass is 9.97. The third-order valence-corrected chi connectivity index (χ3v) is 8.30. The Hall–Kier alpha value is -4.19. The fourth-order valence-corrected chi connectivity index (χ4v) is 5.68. The summed E-state index contributed by atoms with van der Waals surface area (Å²) in [5.41, 5.74) is 2.61. The number of halogens is 3. The first-order chi connectivity index (χ1) is 20.6. The van der Waals surface area contributed by atoms with Crippen LogP contribution in [0.4, 0.5) is 14.9 Å². The number of ether oxygens (including phenoxy) is 1. The van der Waals surface area contributed by atoms with Gasteiger partial charge in [-0.15, -0.1) is 0 Å².